The van der Waals surface area contributed by atoms with Crippen molar-refractivity contribution < 1.29 is 8.76 Å². The van der Waals surface area contributed by atoms with E-state index in [1.807, 2.05) is 19.9 Å². The molecule has 0 spiro atoms. The van der Waals surface area contributed by atoms with Crippen molar-refractivity contribution in [3.63, 3.8) is 0 Å². The van der Waals surface area contributed by atoms with Crippen molar-refractivity contribution in [2.45, 2.75) is 13.8 Å². The molecule has 1 unspecified atom stereocenters. The van der Waals surface area contributed by atoms with Crippen LogP contribution in [0.3, 0.4) is 0 Å². The zero-order chi connectivity index (χ0) is 10.0. The molecule has 0 radical (unpaired) electrons. The second-order valence-corrected chi connectivity index (χ2v) is 4.21. The molecule has 0 saturated heterocycles. The van der Waals surface area contributed by atoms with Gasteiger partial charge in [-0.2, -0.15) is 0 Å². The van der Waals surface area contributed by atoms with Crippen LogP contribution in [-0.2, 0) is 11.3 Å². The Labute approximate surface area is 88.1 Å². The predicted molar refractivity (Wildman–Crippen MR) is 56.2 cm³/mol. The van der Waals surface area contributed by atoms with E-state index < -0.39 is 11.3 Å². The summed E-state index contributed by atoms with van der Waals surface area (Å²) in [5.74, 6) is 0. The third kappa shape index (κ3) is 2.52. The summed E-state index contributed by atoms with van der Waals surface area (Å²) < 4.78 is 24.1. The first-order valence-corrected chi connectivity index (χ1v) is 5.51. The zero-order valence-corrected chi connectivity index (χ0v) is 9.66. The molecule has 0 aliphatic rings. The van der Waals surface area contributed by atoms with Crippen molar-refractivity contribution in [1.82, 2.24) is 0 Å². The third-order valence-electron chi connectivity index (χ3n) is 1.91. The van der Waals surface area contributed by atoms with Crippen molar-refractivity contribution in [3.8, 4) is 0 Å². The van der Waals surface area contributed by atoms with Gasteiger partial charge in [0.25, 0.3) is 0 Å². The van der Waals surface area contributed by atoms with Crippen LogP contribution in [0.25, 0.3) is 0 Å². The Morgan fingerprint density at radius 3 is 2.54 bits per heavy atom. The number of rotatable bonds is 2. The summed E-state index contributed by atoms with van der Waals surface area (Å²) in [5.41, 5.74) is 2.59. The van der Waals surface area contributed by atoms with E-state index in [9.17, 15) is 8.76 Å². The van der Waals surface area contributed by atoms with E-state index in [4.69, 9.17) is 0 Å². The lowest BCUT2D eigenvalue weighted by Gasteiger charge is -2.13. The molecule has 1 aromatic rings. The van der Waals surface area contributed by atoms with Crippen molar-refractivity contribution in [3.05, 3.63) is 27.7 Å². The number of hydrogen-bond donors (Lipinski definition) is 1. The fraction of sp³-hybridized carbons (Fsp3) is 0.250. The Morgan fingerprint density at radius 1 is 1.38 bits per heavy atom. The molecule has 0 heterocycles. The minimum Gasteiger partial charge on any atom is -0.755 e. The molecule has 5 heteroatoms. The Bertz CT molecular complexity index is 354. The molecule has 1 atom stereocenters. The second kappa shape index (κ2) is 4.21. The van der Waals surface area contributed by atoms with Gasteiger partial charge < -0.3 is 9.27 Å². The quantitative estimate of drug-likeness (QED) is 0.832. The molecular formula is C8H9BrNO2S-. The van der Waals surface area contributed by atoms with Crippen LogP contribution in [0.2, 0.25) is 0 Å². The monoisotopic (exact) mass is 262 g/mol. The second-order valence-electron chi connectivity index (χ2n) is 2.68. The molecule has 13 heavy (non-hydrogen) atoms. The van der Waals surface area contributed by atoms with Gasteiger partial charge in [0.2, 0.25) is 0 Å². The van der Waals surface area contributed by atoms with Crippen molar-refractivity contribution in [2.75, 3.05) is 4.72 Å². The van der Waals surface area contributed by atoms with Crippen LogP contribution in [0.5, 0.6) is 0 Å². The number of benzene rings is 1. The van der Waals surface area contributed by atoms with Crippen LogP contribution in [0.1, 0.15) is 11.1 Å². The van der Waals surface area contributed by atoms with E-state index in [0.717, 1.165) is 15.6 Å². The fourth-order valence-electron chi connectivity index (χ4n) is 0.988. The van der Waals surface area contributed by atoms with Crippen LogP contribution in [-0.4, -0.2) is 8.76 Å². The lowest BCUT2D eigenvalue weighted by Crippen LogP contribution is -2.04. The van der Waals surface area contributed by atoms with Gasteiger partial charge in [0, 0.05) is 21.4 Å². The van der Waals surface area contributed by atoms with E-state index in [1.54, 1.807) is 6.07 Å². The Morgan fingerprint density at radius 2 is 2.00 bits per heavy atom. The van der Waals surface area contributed by atoms with E-state index in [0.29, 0.717) is 5.69 Å². The van der Waals surface area contributed by atoms with Crippen molar-refractivity contribution in [2.24, 2.45) is 0 Å². The molecule has 1 N–H and O–H groups in total. The average Bonchev–Trinajstić information content (AvgIpc) is 2.06. The predicted octanol–water partition coefficient (Wildman–Crippen LogP) is 2.27. The minimum atomic E-state index is -2.26. The highest BCUT2D eigenvalue weighted by molar-refractivity contribution is 9.10. The lowest BCUT2D eigenvalue weighted by molar-refractivity contribution is 0.542. The van der Waals surface area contributed by atoms with Crippen LogP contribution in [0.4, 0.5) is 5.69 Å². The zero-order valence-electron chi connectivity index (χ0n) is 7.26. The van der Waals surface area contributed by atoms with Gasteiger partial charge in [-0.05, 0) is 37.1 Å². The van der Waals surface area contributed by atoms with Gasteiger partial charge in [-0.3, -0.25) is 4.21 Å². The van der Waals surface area contributed by atoms with Crippen LogP contribution < -0.4 is 4.72 Å². The van der Waals surface area contributed by atoms with E-state index in [2.05, 4.69) is 20.7 Å². The third-order valence-corrected chi connectivity index (χ3v) is 3.16. The molecule has 0 aliphatic carbocycles. The molecule has 0 fully saturated rings. The van der Waals surface area contributed by atoms with Crippen LogP contribution in [0.15, 0.2) is 16.6 Å². The van der Waals surface area contributed by atoms with Crippen molar-refractivity contribution in [1.29, 1.82) is 0 Å². The minimum absolute atomic E-state index is 0.619. The molecule has 0 amide bonds. The smallest absolute Gasteiger partial charge is 0.0485 e. The SMILES string of the molecule is Cc1c(Br)ccc(NS(=O)[O-])c1C. The molecule has 0 aliphatic heterocycles. The Hall–Kier alpha value is -0.390. The highest BCUT2D eigenvalue weighted by Gasteiger charge is 2.03. The van der Waals surface area contributed by atoms with Gasteiger partial charge >= 0.3 is 0 Å². The molecule has 3 nitrogen and oxygen atoms in total. The Kier molecular flexibility index (Phi) is 3.47. The molecular weight excluding hydrogens is 254 g/mol. The van der Waals surface area contributed by atoms with Gasteiger partial charge in [0.1, 0.15) is 0 Å². The molecule has 0 saturated carbocycles. The normalized spacial score (nSPS) is 12.6. The summed E-state index contributed by atoms with van der Waals surface area (Å²) in [4.78, 5) is 0. The number of nitrogens with one attached hydrogen (secondary N) is 1. The molecule has 0 aromatic heterocycles. The summed E-state index contributed by atoms with van der Waals surface area (Å²) in [6, 6.07) is 3.54. The molecule has 72 valence electrons. The number of hydrogen-bond acceptors (Lipinski definition) is 2. The topological polar surface area (TPSA) is 52.2 Å². The summed E-state index contributed by atoms with van der Waals surface area (Å²) in [7, 11) is 0. The van der Waals surface area contributed by atoms with Gasteiger partial charge in [-0.15, -0.1) is 0 Å². The summed E-state index contributed by atoms with van der Waals surface area (Å²) in [6.07, 6.45) is 0. The summed E-state index contributed by atoms with van der Waals surface area (Å²) in [6.45, 7) is 3.80. The maximum atomic E-state index is 10.4. The highest BCUT2D eigenvalue weighted by Crippen LogP contribution is 2.25. The first kappa shape index (κ1) is 10.7. The summed E-state index contributed by atoms with van der Waals surface area (Å²) >= 11 is 1.11. The van der Waals surface area contributed by atoms with Crippen LogP contribution in [0, 0.1) is 13.8 Å². The van der Waals surface area contributed by atoms with Gasteiger partial charge in [0.05, 0.1) is 0 Å². The van der Waals surface area contributed by atoms with E-state index in [1.165, 1.54) is 0 Å². The first-order valence-electron chi connectivity index (χ1n) is 3.64. The number of halogens is 1. The maximum Gasteiger partial charge on any atom is 0.0485 e. The van der Waals surface area contributed by atoms with E-state index in [-0.39, 0.29) is 0 Å². The van der Waals surface area contributed by atoms with E-state index >= 15 is 0 Å². The van der Waals surface area contributed by atoms with Gasteiger partial charge in [-0.1, -0.05) is 15.9 Å². The Balaban J connectivity index is 3.10. The van der Waals surface area contributed by atoms with Gasteiger partial charge in [-0.25, -0.2) is 0 Å². The standard InChI is InChI=1S/C8H10BrNO2S/c1-5-6(2)8(10-13(11)12)4-3-7(5)9/h3-4,10H,1-2H3,(H,11,12)/p-1. The van der Waals surface area contributed by atoms with Crippen molar-refractivity contribution >= 4 is 32.9 Å². The lowest BCUT2D eigenvalue weighted by atomic mass is 10.1. The highest BCUT2D eigenvalue weighted by atomic mass is 79.9. The summed E-state index contributed by atoms with van der Waals surface area (Å²) in [5, 5.41) is 0. The maximum absolute atomic E-state index is 10.4. The van der Waals surface area contributed by atoms with Gasteiger partial charge in [0.15, 0.2) is 0 Å². The number of anilines is 1. The first-order chi connectivity index (χ1) is 6.02. The molecule has 1 rings (SSSR count). The fourth-order valence-corrected chi connectivity index (χ4v) is 1.82. The average molecular weight is 263 g/mol. The molecule has 0 bridgehead atoms. The molecule has 1 aromatic carbocycles. The largest absolute Gasteiger partial charge is 0.755 e. The van der Waals surface area contributed by atoms with Crippen LogP contribution >= 0.6 is 15.9 Å².